The van der Waals surface area contributed by atoms with Crippen LogP contribution < -0.4 is 5.73 Å². The Balaban J connectivity index is 2.61. The van der Waals surface area contributed by atoms with Crippen molar-refractivity contribution in [1.82, 2.24) is 0 Å². The molecule has 0 atom stereocenters. The number of benzene rings is 1. The van der Waals surface area contributed by atoms with Crippen LogP contribution in [0, 0.1) is 13.8 Å². The lowest BCUT2D eigenvalue weighted by Gasteiger charge is -2.40. The molecular formula is C12H16ClNO. The molecule has 0 bridgehead atoms. The third-order valence-electron chi connectivity index (χ3n) is 3.43. The van der Waals surface area contributed by atoms with Crippen LogP contribution in [0.25, 0.3) is 0 Å². The number of aromatic hydroxyl groups is 1. The van der Waals surface area contributed by atoms with Gasteiger partial charge >= 0.3 is 0 Å². The Morgan fingerprint density at radius 1 is 1.40 bits per heavy atom. The third kappa shape index (κ3) is 1.52. The average Bonchev–Trinajstić information content (AvgIpc) is 2.11. The summed E-state index contributed by atoms with van der Waals surface area (Å²) in [5.74, 6) is 0.325. The van der Waals surface area contributed by atoms with Crippen LogP contribution in [0.4, 0.5) is 0 Å². The van der Waals surface area contributed by atoms with Gasteiger partial charge in [0.25, 0.3) is 0 Å². The summed E-state index contributed by atoms with van der Waals surface area (Å²) in [4.78, 5) is 0. The zero-order chi connectivity index (χ0) is 11.2. The summed E-state index contributed by atoms with van der Waals surface area (Å²) in [5, 5.41) is 10.6. The Bertz CT molecular complexity index is 411. The van der Waals surface area contributed by atoms with Gasteiger partial charge in [-0.05, 0) is 55.9 Å². The SMILES string of the molecule is Cc1cc(Cl)c(C2(N)CCC2)c(C)c1O. The second-order valence-electron chi connectivity index (χ2n) is 4.53. The van der Waals surface area contributed by atoms with Gasteiger partial charge in [-0.15, -0.1) is 0 Å². The van der Waals surface area contributed by atoms with Crippen molar-refractivity contribution >= 4 is 11.6 Å². The Morgan fingerprint density at radius 2 is 2.00 bits per heavy atom. The van der Waals surface area contributed by atoms with E-state index in [0.717, 1.165) is 36.0 Å². The number of halogens is 1. The first kappa shape index (κ1) is 10.8. The van der Waals surface area contributed by atoms with Gasteiger partial charge in [0.15, 0.2) is 0 Å². The maximum absolute atomic E-state index is 9.88. The number of hydrogen-bond donors (Lipinski definition) is 2. The minimum Gasteiger partial charge on any atom is -0.507 e. The normalized spacial score (nSPS) is 18.7. The first-order valence-electron chi connectivity index (χ1n) is 5.24. The summed E-state index contributed by atoms with van der Waals surface area (Å²) in [5.41, 5.74) is 8.51. The number of phenols is 1. The molecule has 3 N–H and O–H groups in total. The molecule has 1 fully saturated rings. The lowest BCUT2D eigenvalue weighted by atomic mass is 9.71. The molecule has 1 aromatic carbocycles. The molecule has 15 heavy (non-hydrogen) atoms. The minimum absolute atomic E-state index is 0.313. The summed E-state index contributed by atoms with van der Waals surface area (Å²) in [7, 11) is 0. The van der Waals surface area contributed by atoms with Gasteiger partial charge in [0.05, 0.1) is 0 Å². The number of hydrogen-bond acceptors (Lipinski definition) is 2. The van der Waals surface area contributed by atoms with Gasteiger partial charge in [-0.2, -0.15) is 0 Å². The number of rotatable bonds is 1. The molecule has 2 nitrogen and oxygen atoms in total. The quantitative estimate of drug-likeness (QED) is 0.772. The predicted molar refractivity (Wildman–Crippen MR) is 62.3 cm³/mol. The van der Waals surface area contributed by atoms with E-state index in [9.17, 15) is 5.11 Å². The van der Waals surface area contributed by atoms with Crippen LogP contribution in [-0.4, -0.2) is 5.11 Å². The molecule has 1 aliphatic rings. The van der Waals surface area contributed by atoms with E-state index in [1.54, 1.807) is 6.07 Å². The summed E-state index contributed by atoms with van der Waals surface area (Å²) in [6.45, 7) is 3.73. The maximum atomic E-state index is 9.88. The molecule has 3 heteroatoms. The van der Waals surface area contributed by atoms with Crippen LogP contribution >= 0.6 is 11.6 Å². The highest BCUT2D eigenvalue weighted by Gasteiger charge is 2.38. The summed E-state index contributed by atoms with van der Waals surface area (Å²) >= 11 is 6.21. The fourth-order valence-electron chi connectivity index (χ4n) is 2.34. The molecule has 0 saturated heterocycles. The summed E-state index contributed by atoms with van der Waals surface area (Å²) in [6, 6.07) is 1.80. The Hall–Kier alpha value is -0.730. The fraction of sp³-hybridized carbons (Fsp3) is 0.500. The molecule has 82 valence electrons. The highest BCUT2D eigenvalue weighted by molar-refractivity contribution is 6.31. The lowest BCUT2D eigenvalue weighted by molar-refractivity contribution is 0.251. The largest absolute Gasteiger partial charge is 0.507 e. The maximum Gasteiger partial charge on any atom is 0.121 e. The van der Waals surface area contributed by atoms with Gasteiger partial charge in [0.1, 0.15) is 5.75 Å². The van der Waals surface area contributed by atoms with Gasteiger partial charge in [0, 0.05) is 10.6 Å². The Kier molecular flexibility index (Phi) is 2.44. The van der Waals surface area contributed by atoms with Crippen molar-refractivity contribution in [2.45, 2.75) is 38.6 Å². The zero-order valence-electron chi connectivity index (χ0n) is 9.10. The van der Waals surface area contributed by atoms with Crippen LogP contribution in [0.1, 0.15) is 36.0 Å². The van der Waals surface area contributed by atoms with Crippen molar-refractivity contribution in [2.24, 2.45) is 5.73 Å². The van der Waals surface area contributed by atoms with Gasteiger partial charge in [-0.3, -0.25) is 0 Å². The second-order valence-corrected chi connectivity index (χ2v) is 4.94. The van der Waals surface area contributed by atoms with Crippen LogP contribution in [0.2, 0.25) is 5.02 Å². The van der Waals surface area contributed by atoms with E-state index in [2.05, 4.69) is 0 Å². The van der Waals surface area contributed by atoms with Crippen LogP contribution in [0.5, 0.6) is 5.75 Å². The van der Waals surface area contributed by atoms with Crippen molar-refractivity contribution in [1.29, 1.82) is 0 Å². The van der Waals surface area contributed by atoms with E-state index in [4.69, 9.17) is 17.3 Å². The zero-order valence-corrected chi connectivity index (χ0v) is 9.86. The molecule has 1 saturated carbocycles. The topological polar surface area (TPSA) is 46.2 Å². The van der Waals surface area contributed by atoms with E-state index in [1.807, 2.05) is 13.8 Å². The molecule has 0 amide bonds. The molecular weight excluding hydrogens is 210 g/mol. The third-order valence-corrected chi connectivity index (χ3v) is 3.73. The monoisotopic (exact) mass is 225 g/mol. The van der Waals surface area contributed by atoms with Crippen LogP contribution in [0.3, 0.4) is 0 Å². The number of nitrogens with two attached hydrogens (primary N) is 1. The van der Waals surface area contributed by atoms with Crippen molar-refractivity contribution in [3.8, 4) is 5.75 Å². The van der Waals surface area contributed by atoms with E-state index in [-0.39, 0.29) is 5.54 Å². The van der Waals surface area contributed by atoms with Crippen molar-refractivity contribution < 1.29 is 5.11 Å². The molecule has 1 aliphatic carbocycles. The second kappa shape index (κ2) is 3.39. The molecule has 0 spiro atoms. The Morgan fingerprint density at radius 3 is 2.47 bits per heavy atom. The van der Waals surface area contributed by atoms with E-state index < -0.39 is 0 Å². The average molecular weight is 226 g/mol. The standard InChI is InChI=1S/C12H16ClNO/c1-7-6-9(13)10(8(2)11(7)15)12(14)4-3-5-12/h6,15H,3-5,14H2,1-2H3. The van der Waals surface area contributed by atoms with Gasteiger partial charge in [-0.25, -0.2) is 0 Å². The van der Waals surface area contributed by atoms with Crippen molar-refractivity contribution in [3.63, 3.8) is 0 Å². The van der Waals surface area contributed by atoms with E-state index in [1.165, 1.54) is 0 Å². The van der Waals surface area contributed by atoms with Gasteiger partial charge < -0.3 is 10.8 Å². The summed E-state index contributed by atoms with van der Waals surface area (Å²) < 4.78 is 0. The number of phenolic OH excluding ortho intramolecular Hbond substituents is 1. The molecule has 0 heterocycles. The highest BCUT2D eigenvalue weighted by Crippen LogP contribution is 2.45. The number of aryl methyl sites for hydroxylation is 1. The summed E-state index contributed by atoms with van der Waals surface area (Å²) in [6.07, 6.45) is 3.05. The molecule has 0 radical (unpaired) electrons. The van der Waals surface area contributed by atoms with Gasteiger partial charge in [0.2, 0.25) is 0 Å². The fourth-order valence-corrected chi connectivity index (χ4v) is 2.84. The smallest absolute Gasteiger partial charge is 0.121 e. The van der Waals surface area contributed by atoms with Gasteiger partial charge in [-0.1, -0.05) is 11.6 Å². The van der Waals surface area contributed by atoms with E-state index in [0.29, 0.717) is 10.8 Å². The first-order valence-corrected chi connectivity index (χ1v) is 5.61. The molecule has 1 aromatic rings. The minimum atomic E-state index is -0.313. The van der Waals surface area contributed by atoms with E-state index >= 15 is 0 Å². The molecule has 0 aliphatic heterocycles. The Labute approximate surface area is 95.1 Å². The van der Waals surface area contributed by atoms with Crippen LogP contribution in [-0.2, 0) is 5.54 Å². The molecule has 2 rings (SSSR count). The predicted octanol–water partition coefficient (Wildman–Crippen LogP) is 3.00. The lowest BCUT2D eigenvalue weighted by Crippen LogP contribution is -2.44. The van der Waals surface area contributed by atoms with Crippen molar-refractivity contribution in [3.05, 3.63) is 27.8 Å². The van der Waals surface area contributed by atoms with Crippen molar-refractivity contribution in [2.75, 3.05) is 0 Å². The molecule has 0 unspecified atom stereocenters. The first-order chi connectivity index (χ1) is 6.96. The van der Waals surface area contributed by atoms with Crippen LogP contribution in [0.15, 0.2) is 6.07 Å². The molecule has 0 aromatic heterocycles. The highest BCUT2D eigenvalue weighted by atomic mass is 35.5.